The minimum atomic E-state index is -3.29. The van der Waals surface area contributed by atoms with E-state index in [9.17, 15) is 18.0 Å². The number of nitrogens with one attached hydrogen (secondary N) is 1. The monoisotopic (exact) mass is 314 g/mol. The van der Waals surface area contributed by atoms with Crippen molar-refractivity contribution in [1.82, 2.24) is 4.90 Å². The number of carbonyl (C=O) groups is 2. The lowest BCUT2D eigenvalue weighted by Crippen LogP contribution is -2.39. The van der Waals surface area contributed by atoms with E-state index in [1.54, 1.807) is 0 Å². The van der Waals surface area contributed by atoms with Crippen LogP contribution < -0.4 is 5.32 Å². The number of carboxylic acids is 1. The van der Waals surface area contributed by atoms with Gasteiger partial charge in [-0.3, -0.25) is 4.79 Å². The van der Waals surface area contributed by atoms with Crippen LogP contribution in [0.4, 0.5) is 10.5 Å². The van der Waals surface area contributed by atoms with Crippen molar-refractivity contribution in [1.29, 1.82) is 0 Å². The van der Waals surface area contributed by atoms with Gasteiger partial charge in [0.2, 0.25) is 0 Å². The molecule has 0 aliphatic heterocycles. The van der Waals surface area contributed by atoms with E-state index < -0.39 is 21.8 Å². The van der Waals surface area contributed by atoms with Crippen LogP contribution in [0.2, 0.25) is 0 Å². The molecule has 1 rings (SSSR count). The van der Waals surface area contributed by atoms with Crippen molar-refractivity contribution < 1.29 is 23.1 Å². The van der Waals surface area contributed by atoms with E-state index in [0.717, 1.165) is 6.26 Å². The first-order valence-electron chi connectivity index (χ1n) is 6.32. The number of hydrogen-bond donors (Lipinski definition) is 2. The number of carboxylic acid groups (broad SMARTS) is 1. The zero-order valence-electron chi connectivity index (χ0n) is 11.9. The molecule has 0 saturated heterocycles. The van der Waals surface area contributed by atoms with E-state index in [0.29, 0.717) is 18.7 Å². The fourth-order valence-corrected chi connectivity index (χ4v) is 2.30. The Kier molecular flexibility index (Phi) is 5.71. The first-order valence-corrected chi connectivity index (χ1v) is 8.21. The van der Waals surface area contributed by atoms with Crippen molar-refractivity contribution in [2.45, 2.75) is 18.2 Å². The van der Waals surface area contributed by atoms with Crippen molar-refractivity contribution in [3.8, 4) is 0 Å². The molecule has 0 heterocycles. The van der Waals surface area contributed by atoms with Gasteiger partial charge in [0.15, 0.2) is 9.84 Å². The highest BCUT2D eigenvalue weighted by Crippen LogP contribution is 2.14. The first-order chi connectivity index (χ1) is 9.74. The second-order valence-electron chi connectivity index (χ2n) is 4.54. The second kappa shape index (κ2) is 7.07. The molecule has 2 amide bonds. The SMILES string of the molecule is CCCN(CC(=O)O)C(=O)Nc1ccc(S(C)(=O)=O)cc1. The van der Waals surface area contributed by atoms with Gasteiger partial charge in [0.1, 0.15) is 6.54 Å². The summed E-state index contributed by atoms with van der Waals surface area (Å²) in [5, 5.41) is 11.3. The lowest BCUT2D eigenvalue weighted by molar-refractivity contribution is -0.137. The van der Waals surface area contributed by atoms with Crippen LogP contribution in [0.25, 0.3) is 0 Å². The van der Waals surface area contributed by atoms with Gasteiger partial charge in [0, 0.05) is 18.5 Å². The topological polar surface area (TPSA) is 104 Å². The third kappa shape index (κ3) is 5.42. The zero-order chi connectivity index (χ0) is 16.0. The standard InChI is InChI=1S/C13H18N2O5S/c1-3-8-15(9-12(16)17)13(18)14-10-4-6-11(7-5-10)21(2,19)20/h4-7H,3,8-9H2,1-2H3,(H,14,18)(H,16,17). The van der Waals surface area contributed by atoms with E-state index in [1.807, 2.05) is 6.92 Å². The molecule has 0 spiro atoms. The fraction of sp³-hybridized carbons (Fsp3) is 0.385. The van der Waals surface area contributed by atoms with Crippen LogP contribution >= 0.6 is 0 Å². The number of nitrogens with zero attached hydrogens (tertiary/aromatic N) is 1. The van der Waals surface area contributed by atoms with E-state index in [4.69, 9.17) is 5.11 Å². The molecule has 0 unspecified atom stereocenters. The average molecular weight is 314 g/mol. The molecule has 0 saturated carbocycles. The number of hydrogen-bond acceptors (Lipinski definition) is 4. The molecule has 1 aromatic rings. The quantitative estimate of drug-likeness (QED) is 0.826. The molecule has 2 N–H and O–H groups in total. The van der Waals surface area contributed by atoms with Crippen molar-refractivity contribution in [3.63, 3.8) is 0 Å². The Bertz CT molecular complexity index is 610. The molecule has 0 radical (unpaired) electrons. The summed E-state index contributed by atoms with van der Waals surface area (Å²) in [5.41, 5.74) is 0.402. The number of benzene rings is 1. The Morgan fingerprint density at radius 1 is 1.24 bits per heavy atom. The van der Waals surface area contributed by atoms with Crippen molar-refractivity contribution in [2.75, 3.05) is 24.7 Å². The fourth-order valence-electron chi connectivity index (χ4n) is 1.67. The molecule has 0 atom stereocenters. The number of carbonyl (C=O) groups excluding carboxylic acids is 1. The van der Waals surface area contributed by atoms with Crippen molar-refractivity contribution >= 4 is 27.5 Å². The Morgan fingerprint density at radius 2 is 1.81 bits per heavy atom. The number of aliphatic carboxylic acids is 1. The highest BCUT2D eigenvalue weighted by Gasteiger charge is 2.16. The highest BCUT2D eigenvalue weighted by molar-refractivity contribution is 7.90. The van der Waals surface area contributed by atoms with E-state index in [2.05, 4.69) is 5.32 Å². The lowest BCUT2D eigenvalue weighted by atomic mass is 10.3. The number of anilines is 1. The van der Waals surface area contributed by atoms with Crippen LogP contribution in [0.1, 0.15) is 13.3 Å². The Hall–Kier alpha value is -2.09. The van der Waals surface area contributed by atoms with Gasteiger partial charge in [0.05, 0.1) is 4.90 Å². The van der Waals surface area contributed by atoms with Gasteiger partial charge in [-0.2, -0.15) is 0 Å². The van der Waals surface area contributed by atoms with E-state index in [-0.39, 0.29) is 11.4 Å². The van der Waals surface area contributed by atoms with Gasteiger partial charge in [-0.25, -0.2) is 13.2 Å². The van der Waals surface area contributed by atoms with Crippen LogP contribution in [-0.4, -0.2) is 49.8 Å². The maximum absolute atomic E-state index is 12.0. The average Bonchev–Trinajstić information content (AvgIpc) is 2.37. The highest BCUT2D eigenvalue weighted by atomic mass is 32.2. The number of amides is 2. The largest absolute Gasteiger partial charge is 0.480 e. The van der Waals surface area contributed by atoms with Crippen LogP contribution in [0.3, 0.4) is 0 Å². The molecule has 0 aliphatic rings. The van der Waals surface area contributed by atoms with Gasteiger partial charge < -0.3 is 15.3 Å². The minimum Gasteiger partial charge on any atom is -0.480 e. The van der Waals surface area contributed by atoms with Crippen LogP contribution in [-0.2, 0) is 14.6 Å². The third-order valence-electron chi connectivity index (χ3n) is 2.64. The minimum absolute atomic E-state index is 0.149. The molecular formula is C13H18N2O5S. The summed E-state index contributed by atoms with van der Waals surface area (Å²) in [5.74, 6) is -1.09. The number of sulfone groups is 1. The molecule has 0 aromatic heterocycles. The molecule has 8 heteroatoms. The predicted molar refractivity (Wildman–Crippen MR) is 78.1 cm³/mol. The predicted octanol–water partition coefficient (Wildman–Crippen LogP) is 1.42. The van der Waals surface area contributed by atoms with E-state index in [1.165, 1.54) is 29.2 Å². The summed E-state index contributed by atoms with van der Waals surface area (Å²) in [6.07, 6.45) is 1.73. The third-order valence-corrected chi connectivity index (χ3v) is 3.77. The van der Waals surface area contributed by atoms with Gasteiger partial charge in [0.25, 0.3) is 0 Å². The van der Waals surface area contributed by atoms with Crippen LogP contribution in [0.15, 0.2) is 29.2 Å². The van der Waals surface area contributed by atoms with Gasteiger partial charge in [-0.15, -0.1) is 0 Å². The summed E-state index contributed by atoms with van der Waals surface area (Å²) in [6, 6.07) is 5.14. The summed E-state index contributed by atoms with van der Waals surface area (Å²) >= 11 is 0. The molecular weight excluding hydrogens is 296 g/mol. The van der Waals surface area contributed by atoms with Crippen LogP contribution in [0.5, 0.6) is 0 Å². The summed E-state index contributed by atoms with van der Waals surface area (Å²) in [4.78, 5) is 24.0. The second-order valence-corrected chi connectivity index (χ2v) is 6.56. The Morgan fingerprint density at radius 3 is 2.24 bits per heavy atom. The maximum atomic E-state index is 12.0. The molecule has 21 heavy (non-hydrogen) atoms. The summed E-state index contributed by atoms with van der Waals surface area (Å²) < 4.78 is 22.6. The van der Waals surface area contributed by atoms with Gasteiger partial charge >= 0.3 is 12.0 Å². The van der Waals surface area contributed by atoms with Crippen LogP contribution in [0, 0.1) is 0 Å². The molecule has 0 aliphatic carbocycles. The normalized spacial score (nSPS) is 11.0. The molecule has 7 nitrogen and oxygen atoms in total. The van der Waals surface area contributed by atoms with Crippen molar-refractivity contribution in [2.24, 2.45) is 0 Å². The molecule has 0 fully saturated rings. The smallest absolute Gasteiger partial charge is 0.323 e. The summed E-state index contributed by atoms with van der Waals surface area (Å²) in [6.45, 7) is 1.77. The first kappa shape index (κ1) is 17.0. The Balaban J connectivity index is 2.79. The zero-order valence-corrected chi connectivity index (χ0v) is 12.7. The molecule has 0 bridgehead atoms. The van der Waals surface area contributed by atoms with Gasteiger partial charge in [-0.1, -0.05) is 6.92 Å². The Labute approximate surface area is 123 Å². The molecule has 116 valence electrons. The van der Waals surface area contributed by atoms with E-state index >= 15 is 0 Å². The molecule has 1 aromatic carbocycles. The van der Waals surface area contributed by atoms with Crippen molar-refractivity contribution in [3.05, 3.63) is 24.3 Å². The summed E-state index contributed by atoms with van der Waals surface area (Å²) in [7, 11) is -3.29. The number of rotatable bonds is 6. The maximum Gasteiger partial charge on any atom is 0.323 e. The van der Waals surface area contributed by atoms with Gasteiger partial charge in [-0.05, 0) is 30.7 Å². The number of urea groups is 1. The lowest BCUT2D eigenvalue weighted by Gasteiger charge is -2.20.